The second-order valence-electron chi connectivity index (χ2n) is 28.4. The van der Waals surface area contributed by atoms with Gasteiger partial charge in [0.25, 0.3) is 0 Å². The van der Waals surface area contributed by atoms with Crippen LogP contribution in [-0.2, 0) is 61.2 Å². The lowest BCUT2D eigenvalue weighted by atomic mass is 9.84. The smallest absolute Gasteiger partial charge is 0.463 e. The molecule has 0 aromatic rings. The molecule has 18 atom stereocenters. The Labute approximate surface area is 593 Å². The number of aliphatic hydroxyl groups excluding tert-OH is 10. The molecule has 2 heterocycles. The highest BCUT2D eigenvalue weighted by Crippen LogP contribution is 2.49. The van der Waals surface area contributed by atoms with Gasteiger partial charge in [0.05, 0.1) is 13.2 Å². The number of phosphoric ester groups is 1. The van der Waals surface area contributed by atoms with Crippen molar-refractivity contribution in [1.29, 1.82) is 0 Å². The molecular formula is C74H139O24P. The van der Waals surface area contributed by atoms with Crippen molar-refractivity contribution in [3.8, 4) is 0 Å². The molecule has 3 rings (SSSR count). The molecule has 1 aliphatic carbocycles. The first-order valence-corrected chi connectivity index (χ1v) is 40.8. The predicted octanol–water partition coefficient (Wildman–Crippen LogP) is 11.4. The van der Waals surface area contributed by atoms with Gasteiger partial charge in [-0.1, -0.05) is 284 Å². The zero-order valence-corrected chi connectivity index (χ0v) is 61.9. The van der Waals surface area contributed by atoms with Gasteiger partial charge in [-0.05, 0) is 19.3 Å². The first kappa shape index (κ1) is 91.2. The third-order valence-corrected chi connectivity index (χ3v) is 20.6. The van der Waals surface area contributed by atoms with E-state index in [1.807, 2.05) is 0 Å². The van der Waals surface area contributed by atoms with Gasteiger partial charge in [0.15, 0.2) is 18.7 Å². The number of hydrogen-bond acceptors (Lipinski definition) is 23. The summed E-state index contributed by atoms with van der Waals surface area (Å²) in [4.78, 5) is 51.0. The van der Waals surface area contributed by atoms with Crippen LogP contribution in [0.4, 0.5) is 0 Å². The highest BCUT2D eigenvalue weighted by Gasteiger charge is 2.58. The van der Waals surface area contributed by atoms with E-state index in [0.29, 0.717) is 19.3 Å². The van der Waals surface area contributed by atoms with Crippen molar-refractivity contribution in [3.05, 3.63) is 0 Å². The zero-order chi connectivity index (χ0) is 72.5. The van der Waals surface area contributed by atoms with E-state index in [9.17, 15) is 74.9 Å². The van der Waals surface area contributed by atoms with E-state index >= 15 is 0 Å². The quantitative estimate of drug-likeness (QED) is 0.0117. The van der Waals surface area contributed by atoms with Gasteiger partial charge in [0, 0.05) is 19.3 Å². The second kappa shape index (κ2) is 56.3. The molecule has 18 unspecified atom stereocenters. The number of carbonyl (C=O) groups excluding carboxylic acids is 3. The van der Waals surface area contributed by atoms with Gasteiger partial charge in [-0.3, -0.25) is 23.4 Å². The third-order valence-electron chi connectivity index (χ3n) is 19.6. The molecule has 3 fully saturated rings. The second-order valence-corrected chi connectivity index (χ2v) is 29.8. The van der Waals surface area contributed by atoms with E-state index in [1.54, 1.807) is 0 Å². The molecule has 99 heavy (non-hydrogen) atoms. The summed E-state index contributed by atoms with van der Waals surface area (Å²) in [5.74, 6) is -1.97. The summed E-state index contributed by atoms with van der Waals surface area (Å²) in [5, 5.41) is 110. The number of hydrogen-bond donors (Lipinski definition) is 11. The van der Waals surface area contributed by atoms with Crippen LogP contribution >= 0.6 is 7.82 Å². The van der Waals surface area contributed by atoms with Crippen LogP contribution in [0.25, 0.3) is 0 Å². The molecule has 0 radical (unpaired) electrons. The van der Waals surface area contributed by atoms with Gasteiger partial charge in [0.1, 0.15) is 98.7 Å². The molecule has 0 aromatic heterocycles. The largest absolute Gasteiger partial charge is 0.472 e. The Balaban J connectivity index is 1.69. The van der Waals surface area contributed by atoms with Gasteiger partial charge in [-0.2, -0.15) is 0 Å². The van der Waals surface area contributed by atoms with Crippen LogP contribution < -0.4 is 0 Å². The van der Waals surface area contributed by atoms with Crippen molar-refractivity contribution in [2.45, 2.75) is 427 Å². The molecule has 584 valence electrons. The summed E-state index contributed by atoms with van der Waals surface area (Å²) in [6, 6.07) is 0. The predicted molar refractivity (Wildman–Crippen MR) is 375 cm³/mol. The normalized spacial score (nSPS) is 27.4. The summed E-state index contributed by atoms with van der Waals surface area (Å²) in [6.07, 6.45) is 14.5. The molecule has 24 nitrogen and oxygen atoms in total. The Morgan fingerprint density at radius 2 is 0.646 bits per heavy atom. The van der Waals surface area contributed by atoms with E-state index in [-0.39, 0.29) is 19.3 Å². The maximum atomic E-state index is 14.3. The minimum absolute atomic E-state index is 0.0339. The zero-order valence-electron chi connectivity index (χ0n) is 61.1. The average molecular weight is 1440 g/mol. The first-order valence-electron chi connectivity index (χ1n) is 39.3. The molecule has 25 heteroatoms. The SMILES string of the molecule is CCCCCCCCCCCCCCCCCCCC(=O)OCC1OC(OC2C(O)C(O)C(O)C(OC3OC(CO)C(O)C(O)C3O)C2OP(=O)(O)OCC(COC(=O)CCCCCCCCCCCCCCCCCC)OC(=O)CCCCCCCCCCCCC)C(O)C(O)C1O. The van der Waals surface area contributed by atoms with Crippen molar-refractivity contribution in [3.63, 3.8) is 0 Å². The summed E-state index contributed by atoms with van der Waals surface area (Å²) >= 11 is 0. The molecule has 0 spiro atoms. The first-order chi connectivity index (χ1) is 47.8. The molecule has 3 aliphatic rings. The lowest BCUT2D eigenvalue weighted by Crippen LogP contribution is -2.69. The number of phosphoric acid groups is 1. The van der Waals surface area contributed by atoms with Crippen molar-refractivity contribution in [2.24, 2.45) is 0 Å². The fraction of sp³-hybridized carbons (Fsp3) is 0.959. The molecule has 0 amide bonds. The standard InChI is InChI=1S/C74H139O24P/c1-4-7-10-13-16-19-22-24-26-28-30-32-35-37-40-43-46-49-59(77)91-54-57-62(80)64(82)69(87)74(95-57)97-71-67(85)65(83)66(84)70(96-73-68(86)63(81)61(79)56(51-75)94-73)72(71)98-99(88,89)92-53-55(93-60(78)50-47-44-41-38-33-21-18-15-12-9-6-3)52-90-58(76)48-45-42-39-36-34-31-29-27-25-23-20-17-14-11-8-5-2/h55-57,61-75,79-87H,4-54H2,1-3H3,(H,88,89). The molecule has 0 bridgehead atoms. The highest BCUT2D eigenvalue weighted by molar-refractivity contribution is 7.47. The Hall–Kier alpha value is -2.04. The number of esters is 3. The van der Waals surface area contributed by atoms with Gasteiger partial charge in [-0.15, -0.1) is 0 Å². The van der Waals surface area contributed by atoms with Crippen molar-refractivity contribution < 1.29 is 117 Å². The molecular weight excluding hydrogens is 1300 g/mol. The maximum absolute atomic E-state index is 14.3. The number of rotatable bonds is 62. The fourth-order valence-electron chi connectivity index (χ4n) is 13.2. The number of unbranched alkanes of at least 4 members (excludes halogenated alkanes) is 41. The van der Waals surface area contributed by atoms with Crippen LogP contribution in [0.15, 0.2) is 0 Å². The van der Waals surface area contributed by atoms with Crippen LogP contribution in [-0.4, -0.2) is 204 Å². The summed E-state index contributed by atoms with van der Waals surface area (Å²) in [6.45, 7) is 3.48. The van der Waals surface area contributed by atoms with Gasteiger partial charge in [0.2, 0.25) is 0 Å². The van der Waals surface area contributed by atoms with Gasteiger partial charge < -0.3 is 89.1 Å². The van der Waals surface area contributed by atoms with E-state index in [2.05, 4.69) is 20.8 Å². The number of ether oxygens (including phenoxy) is 7. The topological polar surface area (TPSA) is 374 Å². The minimum atomic E-state index is -5.69. The van der Waals surface area contributed by atoms with Crippen LogP contribution in [0.1, 0.15) is 323 Å². The van der Waals surface area contributed by atoms with Crippen LogP contribution in [0.5, 0.6) is 0 Å². The maximum Gasteiger partial charge on any atom is 0.472 e. The molecule has 0 aromatic carbocycles. The molecule has 2 saturated heterocycles. The third kappa shape index (κ3) is 39.2. The fourth-order valence-corrected chi connectivity index (χ4v) is 14.2. The molecule has 1 saturated carbocycles. The van der Waals surface area contributed by atoms with E-state index in [1.165, 1.54) is 173 Å². The van der Waals surface area contributed by atoms with Crippen LogP contribution in [0.2, 0.25) is 0 Å². The average Bonchev–Trinajstić information content (AvgIpc) is 0.763. The Morgan fingerprint density at radius 1 is 0.354 bits per heavy atom. The molecule has 2 aliphatic heterocycles. The Morgan fingerprint density at radius 3 is 0.990 bits per heavy atom. The van der Waals surface area contributed by atoms with Gasteiger partial charge in [-0.25, -0.2) is 4.57 Å². The van der Waals surface area contributed by atoms with Crippen molar-refractivity contribution in [2.75, 3.05) is 26.4 Å². The highest BCUT2D eigenvalue weighted by atomic mass is 31.2. The van der Waals surface area contributed by atoms with E-state index < -0.39 is 156 Å². The van der Waals surface area contributed by atoms with Gasteiger partial charge >= 0.3 is 25.7 Å². The van der Waals surface area contributed by atoms with Crippen LogP contribution in [0.3, 0.4) is 0 Å². The monoisotopic (exact) mass is 1440 g/mol. The van der Waals surface area contributed by atoms with Crippen LogP contribution in [0, 0.1) is 0 Å². The van der Waals surface area contributed by atoms with E-state index in [0.717, 1.165) is 89.9 Å². The van der Waals surface area contributed by atoms with E-state index in [4.69, 9.17) is 42.2 Å². The molecule has 11 N–H and O–H groups in total. The lowest BCUT2D eigenvalue weighted by Gasteiger charge is -2.49. The Bertz CT molecular complexity index is 2050. The van der Waals surface area contributed by atoms with Crippen molar-refractivity contribution >= 4 is 25.7 Å². The number of carbonyl (C=O) groups is 3. The summed E-state index contributed by atoms with van der Waals surface area (Å²) in [5.41, 5.74) is 0. The summed E-state index contributed by atoms with van der Waals surface area (Å²) in [7, 11) is -5.69. The lowest BCUT2D eigenvalue weighted by molar-refractivity contribution is -0.360. The Kier molecular flexibility index (Phi) is 51.9. The minimum Gasteiger partial charge on any atom is -0.463 e. The van der Waals surface area contributed by atoms with Crippen molar-refractivity contribution in [1.82, 2.24) is 0 Å². The number of aliphatic hydroxyl groups is 10. The summed E-state index contributed by atoms with van der Waals surface area (Å²) < 4.78 is 65.1.